The Morgan fingerprint density at radius 3 is 0.840 bits per heavy atom. The molecule has 0 amide bonds. The summed E-state index contributed by atoms with van der Waals surface area (Å²) in [6, 6.07) is 0. The van der Waals surface area contributed by atoms with Gasteiger partial charge in [0.25, 0.3) is 0 Å². The van der Waals surface area contributed by atoms with Crippen molar-refractivity contribution in [3.05, 3.63) is 0 Å². The van der Waals surface area contributed by atoms with Gasteiger partial charge < -0.3 is 33.8 Å². The number of esters is 4. The van der Waals surface area contributed by atoms with Gasteiger partial charge in [0.15, 0.2) is 12.2 Å². The zero-order valence-electron chi connectivity index (χ0n) is 51.9. The van der Waals surface area contributed by atoms with Gasteiger partial charge in [-0.1, -0.05) is 259 Å². The third-order valence-corrected chi connectivity index (χ3v) is 16.2. The average Bonchev–Trinajstić information content (AvgIpc) is 3.43. The van der Waals surface area contributed by atoms with E-state index in [4.69, 9.17) is 37.0 Å². The first-order valence-electron chi connectivity index (χ1n) is 32.6. The van der Waals surface area contributed by atoms with E-state index in [0.29, 0.717) is 25.7 Å². The van der Waals surface area contributed by atoms with E-state index in [1.807, 2.05) is 0 Å². The van der Waals surface area contributed by atoms with E-state index in [1.165, 1.54) is 116 Å². The maximum absolute atomic E-state index is 13.0. The molecule has 0 aromatic carbocycles. The summed E-state index contributed by atoms with van der Waals surface area (Å²) in [7, 11) is -9.87. The molecule has 0 radical (unpaired) electrons. The van der Waals surface area contributed by atoms with Gasteiger partial charge in [-0.15, -0.1) is 0 Å². The Labute approximate surface area is 492 Å². The smallest absolute Gasteiger partial charge is 0.462 e. The van der Waals surface area contributed by atoms with Crippen molar-refractivity contribution in [3.63, 3.8) is 0 Å². The molecule has 0 heterocycles. The molecule has 0 bridgehead atoms. The maximum Gasteiger partial charge on any atom is 0.472 e. The lowest BCUT2D eigenvalue weighted by Gasteiger charge is -2.21. The summed E-state index contributed by atoms with van der Waals surface area (Å²) in [5.41, 5.74) is 0. The second-order valence-corrected chi connectivity index (χ2v) is 25.8. The van der Waals surface area contributed by atoms with Crippen LogP contribution in [0.3, 0.4) is 0 Å². The minimum absolute atomic E-state index is 0.103. The lowest BCUT2D eigenvalue weighted by molar-refractivity contribution is -0.161. The first kappa shape index (κ1) is 79.1. The fraction of sp³-hybridized carbons (Fsp3) is 0.935. The van der Waals surface area contributed by atoms with E-state index in [-0.39, 0.29) is 25.7 Å². The molecule has 2 unspecified atom stereocenters. The second kappa shape index (κ2) is 55.9. The Balaban J connectivity index is 5.15. The van der Waals surface area contributed by atoms with Crippen molar-refractivity contribution in [1.82, 2.24) is 0 Å². The lowest BCUT2D eigenvalue weighted by Crippen LogP contribution is -2.30. The number of carbonyl (C=O) groups is 4. The number of phosphoric acid groups is 2. The summed E-state index contributed by atoms with van der Waals surface area (Å²) >= 11 is 0. The molecule has 0 aliphatic rings. The first-order chi connectivity index (χ1) is 39.0. The Morgan fingerprint density at radius 1 is 0.333 bits per heavy atom. The number of phosphoric ester groups is 2. The van der Waals surface area contributed by atoms with Gasteiger partial charge in [0.05, 0.1) is 26.4 Å². The van der Waals surface area contributed by atoms with Gasteiger partial charge in [-0.3, -0.25) is 37.3 Å². The summed E-state index contributed by atoms with van der Waals surface area (Å²) < 4.78 is 67.6. The van der Waals surface area contributed by atoms with Gasteiger partial charge in [0.2, 0.25) is 0 Å². The van der Waals surface area contributed by atoms with Crippen LogP contribution in [0.25, 0.3) is 0 Å². The van der Waals surface area contributed by atoms with Gasteiger partial charge >= 0.3 is 39.5 Å². The Kier molecular flexibility index (Phi) is 54.6. The van der Waals surface area contributed by atoms with Crippen LogP contribution >= 0.6 is 15.6 Å². The molecule has 480 valence electrons. The highest BCUT2D eigenvalue weighted by molar-refractivity contribution is 7.47. The van der Waals surface area contributed by atoms with Crippen LogP contribution in [-0.2, 0) is 65.4 Å². The molecule has 3 N–H and O–H groups in total. The Bertz CT molecular complexity index is 1580. The number of hydrogen-bond donors (Lipinski definition) is 3. The molecule has 0 aromatic heterocycles. The van der Waals surface area contributed by atoms with Crippen LogP contribution in [0.4, 0.5) is 0 Å². The normalized spacial score (nSPS) is 14.3. The van der Waals surface area contributed by atoms with Crippen LogP contribution in [0.5, 0.6) is 0 Å². The third kappa shape index (κ3) is 56.9. The van der Waals surface area contributed by atoms with Gasteiger partial charge in [0, 0.05) is 25.7 Å². The van der Waals surface area contributed by atoms with Crippen molar-refractivity contribution in [2.75, 3.05) is 39.6 Å². The molecule has 0 saturated carbocycles. The lowest BCUT2D eigenvalue weighted by atomic mass is 10.0. The predicted octanol–water partition coefficient (Wildman–Crippen LogP) is 17.0. The summed E-state index contributed by atoms with van der Waals surface area (Å²) in [5, 5.41) is 10.5. The summed E-state index contributed by atoms with van der Waals surface area (Å²) in [5.74, 6) is -1.37. The molecule has 81 heavy (non-hydrogen) atoms. The van der Waals surface area contributed by atoms with Crippen molar-refractivity contribution in [2.24, 2.45) is 5.92 Å². The number of aliphatic hydroxyl groups is 1. The molecule has 19 heteroatoms. The standard InChI is InChI=1S/C62H120O17P2/c1-6-9-12-15-17-18-19-20-21-25-28-32-36-41-46-60(65)73-52-58(79-62(67)48-43-38-33-29-26-23-22-24-27-31-35-39-44-55(4)5)54-77-81(70,71)75-50-56(63)49-74-80(68,69)76-53-57(51-72-59(64)45-40-34-14-11-8-3)78-61(66)47-42-37-30-16-13-10-7-2/h55-58,63H,6-54H2,1-5H3,(H,68,69)(H,70,71)/t56-,57+,58+/m0/s1. The molecule has 0 saturated heterocycles. The quantitative estimate of drug-likeness (QED) is 0.0222. The Hall–Kier alpha value is -1.94. The molecule has 0 rings (SSSR count). The topological polar surface area (TPSA) is 237 Å². The van der Waals surface area contributed by atoms with Gasteiger partial charge in [-0.25, -0.2) is 9.13 Å². The average molecular weight is 1200 g/mol. The largest absolute Gasteiger partial charge is 0.472 e. The zero-order chi connectivity index (χ0) is 59.9. The van der Waals surface area contributed by atoms with Crippen LogP contribution < -0.4 is 0 Å². The number of aliphatic hydroxyl groups excluding tert-OH is 1. The molecule has 0 aliphatic carbocycles. The van der Waals surface area contributed by atoms with Crippen LogP contribution in [0.1, 0.15) is 311 Å². The fourth-order valence-corrected chi connectivity index (χ4v) is 10.8. The molecule has 0 aliphatic heterocycles. The highest BCUT2D eigenvalue weighted by Crippen LogP contribution is 2.45. The predicted molar refractivity (Wildman–Crippen MR) is 322 cm³/mol. The molecule has 0 aromatic rings. The van der Waals surface area contributed by atoms with E-state index < -0.39 is 97.5 Å². The summed E-state index contributed by atoms with van der Waals surface area (Å²) in [4.78, 5) is 71.8. The second-order valence-electron chi connectivity index (χ2n) is 22.9. The monoisotopic (exact) mass is 1200 g/mol. The van der Waals surface area contributed by atoms with Crippen LogP contribution in [-0.4, -0.2) is 96.7 Å². The minimum atomic E-state index is -4.94. The molecular weight excluding hydrogens is 1080 g/mol. The van der Waals surface area contributed by atoms with Gasteiger partial charge in [0.1, 0.15) is 19.3 Å². The fourth-order valence-electron chi connectivity index (χ4n) is 9.23. The summed E-state index contributed by atoms with van der Waals surface area (Å²) in [6.07, 6.45) is 39.4. The number of carbonyl (C=O) groups excluding carboxylic acids is 4. The Morgan fingerprint density at radius 2 is 0.568 bits per heavy atom. The van der Waals surface area contributed by atoms with E-state index in [2.05, 4.69) is 34.6 Å². The van der Waals surface area contributed by atoms with E-state index in [1.54, 1.807) is 0 Å². The molecule has 5 atom stereocenters. The van der Waals surface area contributed by atoms with Gasteiger partial charge in [-0.05, 0) is 31.6 Å². The van der Waals surface area contributed by atoms with Crippen molar-refractivity contribution < 1.29 is 80.2 Å². The van der Waals surface area contributed by atoms with Crippen LogP contribution in [0, 0.1) is 5.92 Å². The molecular formula is C62H120O17P2. The minimum Gasteiger partial charge on any atom is -0.462 e. The van der Waals surface area contributed by atoms with E-state index in [9.17, 15) is 43.2 Å². The number of rotatable bonds is 62. The van der Waals surface area contributed by atoms with Gasteiger partial charge in [-0.2, -0.15) is 0 Å². The highest BCUT2D eigenvalue weighted by Gasteiger charge is 2.30. The van der Waals surface area contributed by atoms with Crippen LogP contribution in [0.2, 0.25) is 0 Å². The van der Waals surface area contributed by atoms with Crippen molar-refractivity contribution in [1.29, 1.82) is 0 Å². The number of unbranched alkanes of at least 4 members (excludes halogenated alkanes) is 34. The molecule has 0 spiro atoms. The van der Waals surface area contributed by atoms with Crippen molar-refractivity contribution in [2.45, 2.75) is 329 Å². The van der Waals surface area contributed by atoms with Crippen molar-refractivity contribution >= 4 is 39.5 Å². The van der Waals surface area contributed by atoms with E-state index >= 15 is 0 Å². The summed E-state index contributed by atoms with van der Waals surface area (Å²) in [6.45, 7) is 7.06. The maximum atomic E-state index is 13.0. The first-order valence-corrected chi connectivity index (χ1v) is 35.6. The molecule has 17 nitrogen and oxygen atoms in total. The molecule has 0 fully saturated rings. The zero-order valence-corrected chi connectivity index (χ0v) is 53.7. The SMILES string of the molecule is CCCCCCCCCCCCCCCCC(=O)OC[C@H](COP(=O)(O)OC[C@@H](O)COP(=O)(O)OC[C@@H](COC(=O)CCCCCCC)OC(=O)CCCCCCCCC)OC(=O)CCCCCCCCCCCCCCC(C)C. The van der Waals surface area contributed by atoms with Crippen LogP contribution in [0.15, 0.2) is 0 Å². The number of hydrogen-bond acceptors (Lipinski definition) is 15. The number of ether oxygens (including phenoxy) is 4. The highest BCUT2D eigenvalue weighted by atomic mass is 31.2. The van der Waals surface area contributed by atoms with Crippen molar-refractivity contribution in [3.8, 4) is 0 Å². The third-order valence-electron chi connectivity index (χ3n) is 14.3. The van der Waals surface area contributed by atoms with E-state index in [0.717, 1.165) is 115 Å².